The molecular weight excluding hydrogens is 396 g/mol. The third-order valence-corrected chi connectivity index (χ3v) is 5.01. The molecule has 2 saturated heterocycles. The summed E-state index contributed by atoms with van der Waals surface area (Å²) < 4.78 is 52.9. The highest BCUT2D eigenvalue weighted by Crippen LogP contribution is 2.40. The molecule has 0 amide bonds. The Bertz CT molecular complexity index is 814. The van der Waals surface area contributed by atoms with Crippen molar-refractivity contribution >= 4 is 5.97 Å². The summed E-state index contributed by atoms with van der Waals surface area (Å²) in [6, 6.07) is 7.09. The molecule has 2 aliphatic rings. The molecule has 29 heavy (non-hydrogen) atoms. The molecule has 2 atom stereocenters. The zero-order valence-electron chi connectivity index (χ0n) is 15.3. The minimum Gasteiger partial charge on any atom is -0.475 e. The number of aromatic nitrogens is 3. The zero-order valence-corrected chi connectivity index (χ0v) is 15.3. The molecule has 2 aromatic rings. The Morgan fingerprint density at radius 2 is 1.86 bits per heavy atom. The fourth-order valence-corrected chi connectivity index (χ4v) is 3.60. The lowest BCUT2D eigenvalue weighted by atomic mass is 9.97. The first-order valence-corrected chi connectivity index (χ1v) is 8.92. The number of aliphatic carboxylic acids is 1. The Morgan fingerprint density at radius 1 is 1.24 bits per heavy atom. The van der Waals surface area contributed by atoms with Crippen LogP contribution in [0.5, 0.6) is 0 Å². The van der Waals surface area contributed by atoms with E-state index in [9.17, 15) is 17.6 Å². The number of halogens is 4. The Morgan fingerprint density at radius 3 is 2.45 bits per heavy atom. The van der Waals surface area contributed by atoms with Crippen LogP contribution in [0.4, 0.5) is 17.6 Å². The molecule has 2 aliphatic heterocycles. The number of ether oxygens (including phenoxy) is 1. The summed E-state index contributed by atoms with van der Waals surface area (Å²) in [5.41, 5.74) is 1.10. The van der Waals surface area contributed by atoms with Gasteiger partial charge in [-0.2, -0.15) is 13.2 Å². The first-order valence-electron chi connectivity index (χ1n) is 8.92. The normalized spacial score (nSPS) is 24.5. The smallest absolute Gasteiger partial charge is 0.475 e. The summed E-state index contributed by atoms with van der Waals surface area (Å²) in [6.07, 6.45) is 0.494. The van der Waals surface area contributed by atoms with E-state index in [1.54, 1.807) is 12.7 Å². The van der Waals surface area contributed by atoms with Gasteiger partial charge in [0.15, 0.2) is 0 Å². The Kier molecular flexibility index (Phi) is 6.18. The average Bonchev–Trinajstić information content (AvgIpc) is 3.39. The van der Waals surface area contributed by atoms with Gasteiger partial charge in [0.2, 0.25) is 0 Å². The Labute approximate surface area is 163 Å². The first kappa shape index (κ1) is 21.2. The van der Waals surface area contributed by atoms with Crippen molar-refractivity contribution in [3.63, 3.8) is 0 Å². The van der Waals surface area contributed by atoms with Gasteiger partial charge in [0, 0.05) is 26.1 Å². The molecule has 0 aliphatic carbocycles. The van der Waals surface area contributed by atoms with E-state index in [0.717, 1.165) is 44.6 Å². The molecule has 0 saturated carbocycles. The largest absolute Gasteiger partial charge is 0.490 e. The maximum Gasteiger partial charge on any atom is 0.490 e. The van der Waals surface area contributed by atoms with Crippen LogP contribution in [0.2, 0.25) is 0 Å². The van der Waals surface area contributed by atoms with E-state index < -0.39 is 12.1 Å². The molecule has 2 unspecified atom stereocenters. The number of hydrogen-bond donors (Lipinski definition) is 1. The van der Waals surface area contributed by atoms with Crippen molar-refractivity contribution in [3.8, 4) is 0 Å². The van der Waals surface area contributed by atoms with Crippen molar-refractivity contribution in [3.05, 3.63) is 48.3 Å². The molecule has 158 valence electrons. The van der Waals surface area contributed by atoms with Gasteiger partial charge in [-0.3, -0.25) is 4.90 Å². The van der Waals surface area contributed by atoms with E-state index in [-0.39, 0.29) is 11.4 Å². The van der Waals surface area contributed by atoms with E-state index in [0.29, 0.717) is 6.04 Å². The minimum absolute atomic E-state index is 0.0467. The molecule has 0 radical (unpaired) electrons. The van der Waals surface area contributed by atoms with Gasteiger partial charge in [0.05, 0.1) is 18.2 Å². The lowest BCUT2D eigenvalue weighted by molar-refractivity contribution is -0.192. The minimum atomic E-state index is -5.08. The fraction of sp³-hybridized carbons (Fsp3) is 0.500. The van der Waals surface area contributed by atoms with Gasteiger partial charge < -0.3 is 14.4 Å². The second-order valence-electron chi connectivity index (χ2n) is 7.15. The van der Waals surface area contributed by atoms with Crippen LogP contribution in [-0.2, 0) is 16.1 Å². The number of carboxylic acid groups (broad SMARTS) is 1. The third-order valence-electron chi connectivity index (χ3n) is 5.01. The first-order chi connectivity index (χ1) is 13.7. The van der Waals surface area contributed by atoms with Crippen LogP contribution in [0.3, 0.4) is 0 Å². The van der Waals surface area contributed by atoms with Gasteiger partial charge in [-0.05, 0) is 24.1 Å². The Balaban J connectivity index is 0.000000298. The summed E-state index contributed by atoms with van der Waals surface area (Å²) in [6.45, 7) is 3.53. The average molecular weight is 416 g/mol. The second kappa shape index (κ2) is 8.46. The summed E-state index contributed by atoms with van der Waals surface area (Å²) in [5, 5.41) is 14.9. The second-order valence-corrected chi connectivity index (χ2v) is 7.15. The molecule has 11 heteroatoms. The van der Waals surface area contributed by atoms with Crippen molar-refractivity contribution in [2.75, 3.05) is 19.7 Å². The van der Waals surface area contributed by atoms with Crippen LogP contribution in [0.25, 0.3) is 0 Å². The quantitative estimate of drug-likeness (QED) is 0.775. The standard InChI is InChI=1S/C16H19FN4O.C2HF3O2/c17-14-3-1-13(2-4-14)8-20-6-5-16(10-20)7-15(9-22-16)21-11-18-19-12-21;3-2(4,5)1(6)7/h1-4,11-12,15H,5-10H2;(H,6,7). The van der Waals surface area contributed by atoms with Gasteiger partial charge in [0.1, 0.15) is 18.5 Å². The van der Waals surface area contributed by atoms with E-state index in [1.807, 2.05) is 16.7 Å². The molecule has 1 N–H and O–H groups in total. The molecule has 1 spiro atoms. The van der Waals surface area contributed by atoms with Crippen LogP contribution < -0.4 is 0 Å². The highest BCUT2D eigenvalue weighted by atomic mass is 19.4. The van der Waals surface area contributed by atoms with E-state index >= 15 is 0 Å². The van der Waals surface area contributed by atoms with Crippen LogP contribution in [-0.4, -0.2) is 62.2 Å². The van der Waals surface area contributed by atoms with Crippen molar-refractivity contribution in [2.24, 2.45) is 0 Å². The number of alkyl halides is 3. The van der Waals surface area contributed by atoms with E-state index in [4.69, 9.17) is 14.6 Å². The van der Waals surface area contributed by atoms with E-state index in [1.165, 1.54) is 12.1 Å². The molecule has 3 heterocycles. The number of carbonyl (C=O) groups is 1. The monoisotopic (exact) mass is 416 g/mol. The van der Waals surface area contributed by atoms with Crippen LogP contribution in [0.15, 0.2) is 36.9 Å². The van der Waals surface area contributed by atoms with Gasteiger partial charge in [-0.1, -0.05) is 12.1 Å². The van der Waals surface area contributed by atoms with Crippen LogP contribution >= 0.6 is 0 Å². The predicted octanol–water partition coefficient (Wildman–Crippen LogP) is 2.66. The SMILES string of the molecule is Fc1ccc(CN2CCC3(CC(n4cnnc4)CO3)C2)cc1.O=C(O)C(F)(F)F. The fourth-order valence-electron chi connectivity index (χ4n) is 3.60. The lowest BCUT2D eigenvalue weighted by Crippen LogP contribution is -2.32. The molecular formula is C18H20F4N4O3. The van der Waals surface area contributed by atoms with Crippen molar-refractivity contribution in [2.45, 2.75) is 37.2 Å². The van der Waals surface area contributed by atoms with Gasteiger partial charge >= 0.3 is 12.1 Å². The number of benzene rings is 1. The molecule has 4 rings (SSSR count). The van der Waals surface area contributed by atoms with Crippen molar-refractivity contribution in [1.82, 2.24) is 19.7 Å². The van der Waals surface area contributed by atoms with Crippen molar-refractivity contribution in [1.29, 1.82) is 0 Å². The van der Waals surface area contributed by atoms with Gasteiger partial charge in [-0.15, -0.1) is 10.2 Å². The molecule has 0 bridgehead atoms. The van der Waals surface area contributed by atoms with E-state index in [2.05, 4.69) is 15.1 Å². The number of nitrogens with zero attached hydrogens (tertiary/aromatic N) is 4. The number of rotatable bonds is 3. The molecule has 7 nitrogen and oxygen atoms in total. The van der Waals surface area contributed by atoms with Gasteiger partial charge in [-0.25, -0.2) is 9.18 Å². The third kappa shape index (κ3) is 5.51. The summed E-state index contributed by atoms with van der Waals surface area (Å²) in [4.78, 5) is 11.3. The number of likely N-dealkylation sites (tertiary alicyclic amines) is 1. The molecule has 1 aromatic heterocycles. The molecule has 2 fully saturated rings. The summed E-state index contributed by atoms with van der Waals surface area (Å²) in [7, 11) is 0. The molecule has 1 aromatic carbocycles. The maximum atomic E-state index is 13.0. The Hall–Kier alpha value is -2.53. The number of hydrogen-bond acceptors (Lipinski definition) is 5. The van der Waals surface area contributed by atoms with Crippen LogP contribution in [0, 0.1) is 5.82 Å². The van der Waals surface area contributed by atoms with Crippen molar-refractivity contribution < 1.29 is 32.2 Å². The number of carboxylic acids is 1. The van der Waals surface area contributed by atoms with Crippen LogP contribution in [0.1, 0.15) is 24.4 Å². The lowest BCUT2D eigenvalue weighted by Gasteiger charge is -2.23. The predicted molar refractivity (Wildman–Crippen MR) is 92.3 cm³/mol. The summed E-state index contributed by atoms with van der Waals surface area (Å²) >= 11 is 0. The zero-order chi connectivity index (χ0) is 21.1. The topological polar surface area (TPSA) is 80.5 Å². The highest BCUT2D eigenvalue weighted by Gasteiger charge is 2.45. The maximum absolute atomic E-state index is 13.0. The summed E-state index contributed by atoms with van der Waals surface area (Å²) in [5.74, 6) is -2.94. The highest BCUT2D eigenvalue weighted by molar-refractivity contribution is 5.73. The van der Waals surface area contributed by atoms with Gasteiger partial charge in [0.25, 0.3) is 0 Å².